The van der Waals surface area contributed by atoms with Crippen molar-refractivity contribution in [1.82, 2.24) is 10.1 Å². The Hall–Kier alpha value is -2.89. The molecule has 146 valence electrons. The topological polar surface area (TPSA) is 57.4 Å². The van der Waals surface area contributed by atoms with Gasteiger partial charge in [-0.3, -0.25) is 0 Å². The first-order valence-corrected chi connectivity index (χ1v) is 9.62. The molecule has 4 rings (SSSR count). The van der Waals surface area contributed by atoms with E-state index in [4.69, 9.17) is 14.0 Å². The zero-order valence-corrected chi connectivity index (χ0v) is 15.9. The number of hydrogen-bond acceptors (Lipinski definition) is 5. The maximum absolute atomic E-state index is 13.0. The fourth-order valence-corrected chi connectivity index (χ4v) is 3.54. The molecule has 0 aliphatic heterocycles. The molecule has 5 nitrogen and oxygen atoms in total. The van der Waals surface area contributed by atoms with Crippen LogP contribution in [0.15, 0.2) is 47.0 Å². The molecule has 0 unspecified atom stereocenters. The van der Waals surface area contributed by atoms with Crippen molar-refractivity contribution in [3.05, 3.63) is 59.7 Å². The average molecular weight is 382 g/mol. The Morgan fingerprint density at radius 1 is 1.04 bits per heavy atom. The summed E-state index contributed by atoms with van der Waals surface area (Å²) >= 11 is 0. The molecule has 1 heterocycles. The first-order chi connectivity index (χ1) is 13.7. The van der Waals surface area contributed by atoms with Gasteiger partial charge in [0.15, 0.2) is 11.5 Å². The van der Waals surface area contributed by atoms with Gasteiger partial charge >= 0.3 is 0 Å². The number of halogens is 1. The molecule has 1 aromatic heterocycles. The summed E-state index contributed by atoms with van der Waals surface area (Å²) in [6, 6.07) is 11.8. The monoisotopic (exact) mass is 382 g/mol. The second-order valence-electron chi connectivity index (χ2n) is 7.07. The summed E-state index contributed by atoms with van der Waals surface area (Å²) in [7, 11) is 1.59. The van der Waals surface area contributed by atoms with Crippen molar-refractivity contribution in [1.29, 1.82) is 0 Å². The van der Waals surface area contributed by atoms with Gasteiger partial charge in [0.2, 0.25) is 11.7 Å². The van der Waals surface area contributed by atoms with Crippen LogP contribution < -0.4 is 9.47 Å². The molecule has 0 radical (unpaired) electrons. The fourth-order valence-electron chi connectivity index (χ4n) is 3.54. The molecule has 1 aliphatic rings. The molecule has 6 heteroatoms. The average Bonchev–Trinajstić information content (AvgIpc) is 3.24. The van der Waals surface area contributed by atoms with Gasteiger partial charge in [-0.05, 0) is 48.7 Å². The van der Waals surface area contributed by atoms with Gasteiger partial charge < -0.3 is 14.0 Å². The zero-order valence-electron chi connectivity index (χ0n) is 15.9. The van der Waals surface area contributed by atoms with E-state index in [2.05, 4.69) is 10.1 Å². The van der Waals surface area contributed by atoms with E-state index in [1.165, 1.54) is 31.4 Å². The molecule has 1 saturated carbocycles. The van der Waals surface area contributed by atoms with Gasteiger partial charge in [-0.2, -0.15) is 4.98 Å². The van der Waals surface area contributed by atoms with E-state index < -0.39 is 0 Å². The van der Waals surface area contributed by atoms with E-state index in [-0.39, 0.29) is 5.82 Å². The molecular formula is C22H23FN2O3. The van der Waals surface area contributed by atoms with Crippen molar-refractivity contribution in [3.63, 3.8) is 0 Å². The van der Waals surface area contributed by atoms with Crippen molar-refractivity contribution in [3.8, 4) is 22.9 Å². The first kappa shape index (κ1) is 18.5. The number of nitrogens with zero attached hydrogens (tertiary/aromatic N) is 2. The van der Waals surface area contributed by atoms with Crippen molar-refractivity contribution in [2.75, 3.05) is 7.11 Å². The maximum Gasteiger partial charge on any atom is 0.230 e. The molecule has 1 fully saturated rings. The Balaban J connectivity index is 1.48. The van der Waals surface area contributed by atoms with Crippen LogP contribution >= 0.6 is 0 Å². The van der Waals surface area contributed by atoms with Gasteiger partial charge in [-0.15, -0.1) is 0 Å². The number of benzene rings is 2. The number of ether oxygens (including phenoxy) is 2. The molecule has 0 bridgehead atoms. The number of methoxy groups -OCH3 is 1. The lowest BCUT2D eigenvalue weighted by atomic mass is 9.89. The predicted octanol–water partition coefficient (Wildman–Crippen LogP) is 5.51. The van der Waals surface area contributed by atoms with Crippen LogP contribution in [-0.4, -0.2) is 17.3 Å². The van der Waals surface area contributed by atoms with Crippen molar-refractivity contribution in [2.45, 2.75) is 44.6 Å². The maximum atomic E-state index is 13.0. The molecule has 0 N–H and O–H groups in total. The highest BCUT2D eigenvalue weighted by atomic mass is 19.1. The number of rotatable bonds is 6. The Morgan fingerprint density at radius 2 is 1.82 bits per heavy atom. The third-order valence-electron chi connectivity index (χ3n) is 5.13. The highest BCUT2D eigenvalue weighted by molar-refractivity contribution is 5.60. The van der Waals surface area contributed by atoms with Crippen LogP contribution in [0.1, 0.15) is 49.5 Å². The lowest BCUT2D eigenvalue weighted by molar-refractivity contribution is 0.284. The van der Waals surface area contributed by atoms with Gasteiger partial charge in [0.05, 0.1) is 7.11 Å². The molecule has 0 atom stereocenters. The molecule has 0 saturated heterocycles. The van der Waals surface area contributed by atoms with E-state index in [0.717, 1.165) is 29.9 Å². The molecule has 1 aliphatic carbocycles. The highest BCUT2D eigenvalue weighted by Gasteiger charge is 2.22. The van der Waals surface area contributed by atoms with Gasteiger partial charge in [-0.1, -0.05) is 36.6 Å². The number of aromatic nitrogens is 2. The molecular weight excluding hydrogens is 359 g/mol. The van der Waals surface area contributed by atoms with Gasteiger partial charge in [0.25, 0.3) is 0 Å². The second-order valence-corrected chi connectivity index (χ2v) is 7.07. The summed E-state index contributed by atoms with van der Waals surface area (Å²) in [5.41, 5.74) is 1.69. The fraction of sp³-hybridized carbons (Fsp3) is 0.364. The van der Waals surface area contributed by atoms with E-state index in [9.17, 15) is 4.39 Å². The Labute approximate surface area is 163 Å². The summed E-state index contributed by atoms with van der Waals surface area (Å²) in [6.07, 6.45) is 5.95. The minimum Gasteiger partial charge on any atom is -0.493 e. The minimum absolute atomic E-state index is 0.265. The summed E-state index contributed by atoms with van der Waals surface area (Å²) in [4.78, 5) is 4.60. The molecule has 2 aromatic carbocycles. The van der Waals surface area contributed by atoms with E-state index in [1.54, 1.807) is 19.2 Å². The third-order valence-corrected chi connectivity index (χ3v) is 5.13. The van der Waals surface area contributed by atoms with Crippen LogP contribution in [0.2, 0.25) is 0 Å². The summed E-state index contributed by atoms with van der Waals surface area (Å²) in [6.45, 7) is 0.323. The molecule has 0 spiro atoms. The predicted molar refractivity (Wildman–Crippen MR) is 103 cm³/mol. The Bertz CT molecular complexity index is 918. The van der Waals surface area contributed by atoms with Crippen molar-refractivity contribution >= 4 is 0 Å². The standard InChI is InChI=1S/C22H23FN2O3/c1-26-20-13-17(21-24-22(28-25-21)16-5-3-2-4-6-16)9-12-19(20)27-14-15-7-10-18(23)11-8-15/h7-13,16H,2-6,14H2,1H3. The SMILES string of the molecule is COc1cc(-c2noc(C3CCCCC3)n2)ccc1OCc1ccc(F)cc1. The van der Waals surface area contributed by atoms with Crippen LogP contribution in [0.25, 0.3) is 11.4 Å². The number of hydrogen-bond donors (Lipinski definition) is 0. The van der Waals surface area contributed by atoms with Crippen LogP contribution in [0, 0.1) is 5.82 Å². The summed E-state index contributed by atoms with van der Waals surface area (Å²) < 4.78 is 29.8. The zero-order chi connectivity index (χ0) is 19.3. The van der Waals surface area contributed by atoms with Crippen molar-refractivity contribution < 1.29 is 18.4 Å². The van der Waals surface area contributed by atoms with E-state index >= 15 is 0 Å². The van der Waals surface area contributed by atoms with Gasteiger partial charge in [0.1, 0.15) is 12.4 Å². The van der Waals surface area contributed by atoms with E-state index in [0.29, 0.717) is 29.8 Å². The largest absolute Gasteiger partial charge is 0.493 e. The Morgan fingerprint density at radius 3 is 2.57 bits per heavy atom. The second kappa shape index (κ2) is 8.42. The third kappa shape index (κ3) is 4.16. The van der Waals surface area contributed by atoms with Crippen LogP contribution in [-0.2, 0) is 6.61 Å². The quantitative estimate of drug-likeness (QED) is 0.562. The molecule has 3 aromatic rings. The molecule has 28 heavy (non-hydrogen) atoms. The van der Waals surface area contributed by atoms with Crippen LogP contribution in [0.3, 0.4) is 0 Å². The van der Waals surface area contributed by atoms with Gasteiger partial charge in [0, 0.05) is 11.5 Å². The summed E-state index contributed by atoms with van der Waals surface area (Å²) in [5.74, 6) is 2.58. The summed E-state index contributed by atoms with van der Waals surface area (Å²) in [5, 5.41) is 4.15. The minimum atomic E-state index is -0.265. The van der Waals surface area contributed by atoms with Crippen LogP contribution in [0.5, 0.6) is 11.5 Å². The van der Waals surface area contributed by atoms with E-state index in [1.807, 2.05) is 18.2 Å². The lowest BCUT2D eigenvalue weighted by Gasteiger charge is -2.17. The first-order valence-electron chi connectivity index (χ1n) is 9.62. The Kier molecular flexibility index (Phi) is 5.55. The molecule has 0 amide bonds. The normalized spacial score (nSPS) is 14.8. The van der Waals surface area contributed by atoms with Crippen LogP contribution in [0.4, 0.5) is 4.39 Å². The lowest BCUT2D eigenvalue weighted by Crippen LogP contribution is -2.04. The smallest absolute Gasteiger partial charge is 0.230 e. The highest BCUT2D eigenvalue weighted by Crippen LogP contribution is 2.35. The van der Waals surface area contributed by atoms with Crippen molar-refractivity contribution in [2.24, 2.45) is 0 Å². The van der Waals surface area contributed by atoms with Gasteiger partial charge in [-0.25, -0.2) is 4.39 Å².